The lowest BCUT2D eigenvalue weighted by molar-refractivity contribution is 0.610. The highest BCUT2D eigenvalue weighted by molar-refractivity contribution is 5.48. The number of halogens is 1. The van der Waals surface area contributed by atoms with Crippen molar-refractivity contribution in [2.45, 2.75) is 38.8 Å². The molecule has 0 heterocycles. The molecule has 1 N–H and O–H groups in total. The Morgan fingerprint density at radius 1 is 1.37 bits per heavy atom. The van der Waals surface area contributed by atoms with Gasteiger partial charge in [0.1, 0.15) is 5.82 Å². The standard InChI is InChI=1S/C16H23FN2/c1-11-7-13(11)10-19(2)16-6-3-12(8-15(16)17)9-18-14-4-5-14/h3,6,8,11,13-14,18H,4-5,7,9-10H2,1-2H3. The van der Waals surface area contributed by atoms with E-state index in [0.717, 1.165) is 36.2 Å². The molecule has 0 aliphatic heterocycles. The fourth-order valence-electron chi connectivity index (χ4n) is 2.62. The summed E-state index contributed by atoms with van der Waals surface area (Å²) in [6.07, 6.45) is 3.82. The van der Waals surface area contributed by atoms with E-state index in [1.807, 2.05) is 19.2 Å². The predicted molar refractivity (Wildman–Crippen MR) is 76.8 cm³/mol. The van der Waals surface area contributed by atoms with E-state index in [0.29, 0.717) is 6.04 Å². The zero-order valence-electron chi connectivity index (χ0n) is 11.8. The molecule has 2 saturated carbocycles. The molecule has 104 valence electrons. The third kappa shape index (κ3) is 3.27. The van der Waals surface area contributed by atoms with Crippen LogP contribution < -0.4 is 10.2 Å². The molecule has 0 aromatic heterocycles. The Morgan fingerprint density at radius 2 is 2.11 bits per heavy atom. The van der Waals surface area contributed by atoms with Gasteiger partial charge in [0, 0.05) is 26.2 Å². The van der Waals surface area contributed by atoms with Crippen LogP contribution in [0.1, 0.15) is 31.7 Å². The first kappa shape index (κ1) is 12.9. The number of hydrogen-bond acceptors (Lipinski definition) is 2. The molecule has 0 spiro atoms. The van der Waals surface area contributed by atoms with E-state index in [9.17, 15) is 4.39 Å². The summed E-state index contributed by atoms with van der Waals surface area (Å²) in [4.78, 5) is 2.06. The average molecular weight is 262 g/mol. The van der Waals surface area contributed by atoms with Gasteiger partial charge in [-0.3, -0.25) is 0 Å². The quantitative estimate of drug-likeness (QED) is 0.847. The minimum absolute atomic E-state index is 0.0918. The minimum atomic E-state index is -0.0918. The highest BCUT2D eigenvalue weighted by Crippen LogP contribution is 2.39. The Hall–Kier alpha value is -1.09. The molecule has 3 rings (SSSR count). The molecule has 0 saturated heterocycles. The maximum absolute atomic E-state index is 14.1. The SMILES string of the molecule is CC1CC1CN(C)c1ccc(CNC2CC2)cc1F. The molecule has 2 nitrogen and oxygen atoms in total. The van der Waals surface area contributed by atoms with Crippen LogP contribution in [0, 0.1) is 17.7 Å². The molecule has 0 bridgehead atoms. The van der Waals surface area contributed by atoms with Crippen LogP contribution in [0.4, 0.5) is 10.1 Å². The Bertz CT molecular complexity index is 456. The number of anilines is 1. The fourth-order valence-corrected chi connectivity index (χ4v) is 2.62. The Labute approximate surface area is 115 Å². The van der Waals surface area contributed by atoms with Crippen LogP contribution in [-0.4, -0.2) is 19.6 Å². The molecule has 2 atom stereocenters. The van der Waals surface area contributed by atoms with Gasteiger partial charge in [0.25, 0.3) is 0 Å². The van der Waals surface area contributed by atoms with Gasteiger partial charge in [0.05, 0.1) is 5.69 Å². The van der Waals surface area contributed by atoms with Gasteiger partial charge >= 0.3 is 0 Å². The smallest absolute Gasteiger partial charge is 0.146 e. The maximum Gasteiger partial charge on any atom is 0.146 e. The van der Waals surface area contributed by atoms with Crippen LogP contribution in [0.25, 0.3) is 0 Å². The van der Waals surface area contributed by atoms with Crippen molar-refractivity contribution < 1.29 is 4.39 Å². The van der Waals surface area contributed by atoms with Crippen LogP contribution in [-0.2, 0) is 6.54 Å². The summed E-state index contributed by atoms with van der Waals surface area (Å²) in [6.45, 7) is 4.02. The number of nitrogens with zero attached hydrogens (tertiary/aromatic N) is 1. The molecule has 1 aromatic rings. The summed E-state index contributed by atoms with van der Waals surface area (Å²) in [5.41, 5.74) is 1.77. The largest absolute Gasteiger partial charge is 0.372 e. The fraction of sp³-hybridized carbons (Fsp3) is 0.625. The lowest BCUT2D eigenvalue weighted by atomic mass is 10.1. The zero-order chi connectivity index (χ0) is 13.4. The molecular weight excluding hydrogens is 239 g/mol. The topological polar surface area (TPSA) is 15.3 Å². The normalized spacial score (nSPS) is 25.4. The Kier molecular flexibility index (Phi) is 3.48. The average Bonchev–Trinajstić information content (AvgIpc) is 3.27. The molecule has 2 unspecified atom stereocenters. The maximum atomic E-state index is 14.1. The van der Waals surface area contributed by atoms with Crippen molar-refractivity contribution >= 4 is 5.69 Å². The van der Waals surface area contributed by atoms with Gasteiger partial charge in [-0.1, -0.05) is 13.0 Å². The summed E-state index contributed by atoms with van der Waals surface area (Å²) in [7, 11) is 1.99. The summed E-state index contributed by atoms with van der Waals surface area (Å²) in [5.74, 6) is 1.47. The van der Waals surface area contributed by atoms with Crippen LogP contribution in [0.3, 0.4) is 0 Å². The van der Waals surface area contributed by atoms with Crippen molar-refractivity contribution in [3.63, 3.8) is 0 Å². The number of rotatable bonds is 6. The lowest BCUT2D eigenvalue weighted by Gasteiger charge is -2.20. The van der Waals surface area contributed by atoms with Gasteiger partial charge in [-0.2, -0.15) is 0 Å². The van der Waals surface area contributed by atoms with E-state index in [1.54, 1.807) is 6.07 Å². The monoisotopic (exact) mass is 262 g/mol. The Morgan fingerprint density at radius 3 is 2.68 bits per heavy atom. The van der Waals surface area contributed by atoms with Gasteiger partial charge in [-0.25, -0.2) is 4.39 Å². The molecular formula is C16H23FN2. The van der Waals surface area contributed by atoms with E-state index >= 15 is 0 Å². The van der Waals surface area contributed by atoms with Gasteiger partial charge in [0.15, 0.2) is 0 Å². The number of benzene rings is 1. The highest BCUT2D eigenvalue weighted by Gasteiger charge is 2.33. The first-order valence-electron chi connectivity index (χ1n) is 7.36. The Balaban J connectivity index is 1.60. The summed E-state index contributed by atoms with van der Waals surface area (Å²) >= 11 is 0. The summed E-state index contributed by atoms with van der Waals surface area (Å²) in [6, 6.07) is 6.31. The van der Waals surface area contributed by atoms with Crippen molar-refractivity contribution in [3.8, 4) is 0 Å². The van der Waals surface area contributed by atoms with E-state index in [2.05, 4.69) is 17.1 Å². The van der Waals surface area contributed by atoms with Crippen LogP contribution in [0.15, 0.2) is 18.2 Å². The third-order valence-electron chi connectivity index (χ3n) is 4.38. The zero-order valence-corrected chi connectivity index (χ0v) is 11.8. The summed E-state index contributed by atoms with van der Waals surface area (Å²) < 4.78 is 14.1. The van der Waals surface area contributed by atoms with Crippen molar-refractivity contribution in [1.29, 1.82) is 0 Å². The van der Waals surface area contributed by atoms with E-state index in [4.69, 9.17) is 0 Å². The predicted octanol–water partition coefficient (Wildman–Crippen LogP) is 3.17. The second kappa shape index (κ2) is 5.12. The van der Waals surface area contributed by atoms with Gasteiger partial charge < -0.3 is 10.2 Å². The highest BCUT2D eigenvalue weighted by atomic mass is 19.1. The summed E-state index contributed by atoms with van der Waals surface area (Å²) in [5, 5.41) is 3.42. The van der Waals surface area contributed by atoms with Crippen LogP contribution in [0.5, 0.6) is 0 Å². The van der Waals surface area contributed by atoms with Gasteiger partial charge in [-0.15, -0.1) is 0 Å². The van der Waals surface area contributed by atoms with E-state index in [1.165, 1.54) is 19.3 Å². The van der Waals surface area contributed by atoms with E-state index < -0.39 is 0 Å². The number of nitrogens with one attached hydrogen (secondary N) is 1. The third-order valence-corrected chi connectivity index (χ3v) is 4.38. The molecule has 0 radical (unpaired) electrons. The molecule has 0 amide bonds. The van der Waals surface area contributed by atoms with Crippen molar-refractivity contribution in [3.05, 3.63) is 29.6 Å². The molecule has 3 heteroatoms. The first-order valence-corrected chi connectivity index (χ1v) is 7.36. The van der Waals surface area contributed by atoms with Crippen molar-refractivity contribution in [2.24, 2.45) is 11.8 Å². The molecule has 2 aliphatic rings. The van der Waals surface area contributed by atoms with Crippen LogP contribution >= 0.6 is 0 Å². The second-order valence-electron chi connectivity index (χ2n) is 6.29. The second-order valence-corrected chi connectivity index (χ2v) is 6.29. The van der Waals surface area contributed by atoms with Crippen molar-refractivity contribution in [2.75, 3.05) is 18.5 Å². The van der Waals surface area contributed by atoms with Crippen LogP contribution in [0.2, 0.25) is 0 Å². The first-order chi connectivity index (χ1) is 9.13. The molecule has 2 aliphatic carbocycles. The molecule has 1 aromatic carbocycles. The van der Waals surface area contributed by atoms with Gasteiger partial charge in [0.2, 0.25) is 0 Å². The van der Waals surface area contributed by atoms with Crippen molar-refractivity contribution in [1.82, 2.24) is 5.32 Å². The lowest BCUT2D eigenvalue weighted by Crippen LogP contribution is -2.22. The molecule has 2 fully saturated rings. The minimum Gasteiger partial charge on any atom is -0.372 e. The van der Waals surface area contributed by atoms with Gasteiger partial charge in [-0.05, 0) is 48.8 Å². The van der Waals surface area contributed by atoms with E-state index in [-0.39, 0.29) is 5.82 Å². The number of hydrogen-bond donors (Lipinski definition) is 1. The molecule has 19 heavy (non-hydrogen) atoms.